The van der Waals surface area contributed by atoms with Crippen molar-refractivity contribution in [1.82, 2.24) is 10.1 Å². The molecule has 0 unspecified atom stereocenters. The van der Waals surface area contributed by atoms with Gasteiger partial charge in [0.2, 0.25) is 11.8 Å². The maximum absolute atomic E-state index is 12.4. The Kier molecular flexibility index (Phi) is 5.90. The maximum Gasteiger partial charge on any atom is 0.387 e. The molecule has 7 nitrogen and oxygen atoms in total. The smallest absolute Gasteiger partial charge is 0.387 e. The molecule has 1 aliphatic rings. The molecular weight excluding hydrogens is 360 g/mol. The highest BCUT2D eigenvalue weighted by molar-refractivity contribution is 5.91. The SMILES string of the molecule is COc1cc(CN(CC(=O)Nc2cc(C)no2)C2CC2)ccc1OC(F)F. The topological polar surface area (TPSA) is 76.8 Å². The van der Waals surface area contributed by atoms with Crippen molar-refractivity contribution >= 4 is 11.8 Å². The van der Waals surface area contributed by atoms with Gasteiger partial charge in [0.25, 0.3) is 0 Å². The zero-order valence-electron chi connectivity index (χ0n) is 15.1. The van der Waals surface area contributed by atoms with Crippen LogP contribution in [-0.2, 0) is 11.3 Å². The number of aryl methyl sites for hydroxylation is 1. The summed E-state index contributed by atoms with van der Waals surface area (Å²) in [6.07, 6.45) is 2.02. The predicted molar refractivity (Wildman–Crippen MR) is 92.9 cm³/mol. The molecule has 27 heavy (non-hydrogen) atoms. The number of hydrogen-bond donors (Lipinski definition) is 1. The number of aromatic nitrogens is 1. The van der Waals surface area contributed by atoms with Crippen LogP contribution in [0.25, 0.3) is 0 Å². The Hall–Kier alpha value is -2.68. The molecule has 1 heterocycles. The fraction of sp³-hybridized carbons (Fsp3) is 0.444. The Balaban J connectivity index is 1.64. The summed E-state index contributed by atoms with van der Waals surface area (Å²) in [6, 6.07) is 6.74. The van der Waals surface area contributed by atoms with Gasteiger partial charge in [-0.15, -0.1) is 0 Å². The number of nitrogens with one attached hydrogen (secondary N) is 1. The fourth-order valence-electron chi connectivity index (χ4n) is 2.78. The highest BCUT2D eigenvalue weighted by Gasteiger charge is 2.30. The Labute approximate surface area is 155 Å². The zero-order chi connectivity index (χ0) is 19.4. The molecule has 0 radical (unpaired) electrons. The first-order chi connectivity index (χ1) is 12.9. The molecule has 0 spiro atoms. The van der Waals surface area contributed by atoms with Crippen molar-refractivity contribution in [2.75, 3.05) is 19.0 Å². The lowest BCUT2D eigenvalue weighted by Crippen LogP contribution is -2.34. The fourth-order valence-corrected chi connectivity index (χ4v) is 2.78. The minimum Gasteiger partial charge on any atom is -0.493 e. The van der Waals surface area contributed by atoms with Crippen LogP contribution in [-0.4, -0.2) is 42.3 Å². The third-order valence-corrected chi connectivity index (χ3v) is 4.13. The van der Waals surface area contributed by atoms with E-state index in [9.17, 15) is 13.6 Å². The highest BCUT2D eigenvalue weighted by atomic mass is 19.3. The molecular formula is C18H21F2N3O4. The molecule has 2 aromatic rings. The molecule has 3 rings (SSSR count). The lowest BCUT2D eigenvalue weighted by Gasteiger charge is -2.21. The molecule has 1 aliphatic carbocycles. The number of alkyl halides is 2. The molecule has 0 bridgehead atoms. The van der Waals surface area contributed by atoms with Crippen molar-refractivity contribution in [2.24, 2.45) is 0 Å². The molecule has 0 saturated heterocycles. The number of carbonyl (C=O) groups is 1. The number of rotatable bonds is 9. The molecule has 1 aromatic heterocycles. The van der Waals surface area contributed by atoms with E-state index in [0.717, 1.165) is 18.4 Å². The molecule has 1 fully saturated rings. The molecule has 1 amide bonds. The van der Waals surface area contributed by atoms with Gasteiger partial charge >= 0.3 is 6.61 Å². The van der Waals surface area contributed by atoms with Crippen LogP contribution in [0.5, 0.6) is 11.5 Å². The van der Waals surface area contributed by atoms with Gasteiger partial charge in [-0.05, 0) is 37.5 Å². The van der Waals surface area contributed by atoms with E-state index in [1.807, 2.05) is 4.90 Å². The van der Waals surface area contributed by atoms with Crippen LogP contribution in [0.3, 0.4) is 0 Å². The van der Waals surface area contributed by atoms with Crippen molar-refractivity contribution in [2.45, 2.75) is 39.0 Å². The first kappa shape index (κ1) is 19.1. The van der Waals surface area contributed by atoms with E-state index in [-0.39, 0.29) is 24.0 Å². The average molecular weight is 381 g/mol. The number of ether oxygens (including phenoxy) is 2. The summed E-state index contributed by atoms with van der Waals surface area (Å²) in [5.74, 6) is 0.309. The summed E-state index contributed by atoms with van der Waals surface area (Å²) in [5.41, 5.74) is 1.52. The Morgan fingerprint density at radius 3 is 2.74 bits per heavy atom. The number of carbonyl (C=O) groups excluding carboxylic acids is 1. The first-order valence-electron chi connectivity index (χ1n) is 8.53. The molecule has 1 N–H and O–H groups in total. The second kappa shape index (κ2) is 8.34. The van der Waals surface area contributed by atoms with Gasteiger partial charge in [-0.25, -0.2) is 0 Å². The number of benzene rings is 1. The van der Waals surface area contributed by atoms with Gasteiger partial charge in [-0.2, -0.15) is 8.78 Å². The van der Waals surface area contributed by atoms with Gasteiger partial charge in [0, 0.05) is 18.7 Å². The van der Waals surface area contributed by atoms with Crippen molar-refractivity contribution in [3.05, 3.63) is 35.5 Å². The van der Waals surface area contributed by atoms with E-state index in [1.165, 1.54) is 13.2 Å². The van der Waals surface area contributed by atoms with Crippen molar-refractivity contribution in [3.8, 4) is 11.5 Å². The van der Waals surface area contributed by atoms with E-state index in [2.05, 4.69) is 15.2 Å². The Bertz CT molecular complexity index is 793. The molecule has 0 atom stereocenters. The number of hydrogen-bond acceptors (Lipinski definition) is 6. The minimum absolute atomic E-state index is 0.0207. The summed E-state index contributed by atoms with van der Waals surface area (Å²) in [4.78, 5) is 14.3. The van der Waals surface area contributed by atoms with E-state index >= 15 is 0 Å². The zero-order valence-corrected chi connectivity index (χ0v) is 15.1. The van der Waals surface area contributed by atoms with Crippen LogP contribution in [0.4, 0.5) is 14.7 Å². The summed E-state index contributed by atoms with van der Waals surface area (Å²) in [7, 11) is 1.39. The number of halogens is 2. The van der Waals surface area contributed by atoms with Crippen molar-refractivity contribution in [3.63, 3.8) is 0 Å². The van der Waals surface area contributed by atoms with Gasteiger partial charge in [-0.3, -0.25) is 15.0 Å². The van der Waals surface area contributed by atoms with Crippen LogP contribution in [0.2, 0.25) is 0 Å². The normalized spacial score (nSPS) is 13.9. The predicted octanol–water partition coefficient (Wildman–Crippen LogP) is 3.20. The summed E-state index contributed by atoms with van der Waals surface area (Å²) >= 11 is 0. The van der Waals surface area contributed by atoms with Crippen LogP contribution >= 0.6 is 0 Å². The van der Waals surface area contributed by atoms with E-state index in [1.54, 1.807) is 25.1 Å². The van der Waals surface area contributed by atoms with Crippen molar-refractivity contribution < 1.29 is 27.6 Å². The monoisotopic (exact) mass is 381 g/mol. The lowest BCUT2D eigenvalue weighted by atomic mass is 10.2. The lowest BCUT2D eigenvalue weighted by molar-refractivity contribution is -0.117. The van der Waals surface area contributed by atoms with Gasteiger partial charge in [0.15, 0.2) is 11.5 Å². The summed E-state index contributed by atoms with van der Waals surface area (Å²) in [5, 5.41) is 6.41. The van der Waals surface area contributed by atoms with Gasteiger partial charge in [-0.1, -0.05) is 11.2 Å². The second-order valence-electron chi connectivity index (χ2n) is 6.38. The Morgan fingerprint density at radius 2 is 2.15 bits per heavy atom. The first-order valence-corrected chi connectivity index (χ1v) is 8.53. The van der Waals surface area contributed by atoms with Gasteiger partial charge in [0.05, 0.1) is 19.3 Å². The standard InChI is InChI=1S/C18H21F2N3O4/c1-11-7-17(27-22-11)21-16(24)10-23(13-4-5-13)9-12-3-6-14(26-18(19)20)15(8-12)25-2/h3,6-8,13,18H,4-5,9-10H2,1-2H3,(H,21,24). The van der Waals surface area contributed by atoms with E-state index in [0.29, 0.717) is 24.2 Å². The molecule has 146 valence electrons. The molecule has 1 saturated carbocycles. The van der Waals surface area contributed by atoms with Gasteiger partial charge < -0.3 is 14.0 Å². The van der Waals surface area contributed by atoms with E-state index < -0.39 is 6.61 Å². The summed E-state index contributed by atoms with van der Waals surface area (Å²) < 4.78 is 39.4. The quantitative estimate of drug-likeness (QED) is 0.719. The third kappa shape index (κ3) is 5.40. The van der Waals surface area contributed by atoms with Gasteiger partial charge in [0.1, 0.15) is 0 Å². The maximum atomic E-state index is 12.4. The van der Waals surface area contributed by atoms with Crippen molar-refractivity contribution in [1.29, 1.82) is 0 Å². The third-order valence-electron chi connectivity index (χ3n) is 4.13. The van der Waals surface area contributed by atoms with Crippen LogP contribution in [0, 0.1) is 6.92 Å². The molecule has 9 heteroatoms. The number of nitrogens with zero attached hydrogens (tertiary/aromatic N) is 2. The van der Waals surface area contributed by atoms with E-state index in [4.69, 9.17) is 9.26 Å². The largest absolute Gasteiger partial charge is 0.493 e. The minimum atomic E-state index is -2.92. The average Bonchev–Trinajstić information content (AvgIpc) is 3.38. The molecule has 0 aliphatic heterocycles. The Morgan fingerprint density at radius 1 is 1.37 bits per heavy atom. The van der Waals surface area contributed by atoms with Crippen LogP contribution in [0.1, 0.15) is 24.1 Å². The van der Waals surface area contributed by atoms with Crippen LogP contribution < -0.4 is 14.8 Å². The highest BCUT2D eigenvalue weighted by Crippen LogP contribution is 2.32. The number of methoxy groups -OCH3 is 1. The molecule has 1 aromatic carbocycles. The second-order valence-corrected chi connectivity index (χ2v) is 6.38. The number of amides is 1. The number of anilines is 1. The summed E-state index contributed by atoms with van der Waals surface area (Å²) in [6.45, 7) is -0.484. The van der Waals surface area contributed by atoms with Crippen LogP contribution in [0.15, 0.2) is 28.8 Å².